The number of hydrogen-bond acceptors (Lipinski definition) is 2. The topological polar surface area (TPSA) is 51.2 Å². The monoisotopic (exact) mass is 194 g/mol. The Hall–Kier alpha value is -0.800. The van der Waals surface area contributed by atoms with Gasteiger partial charge in [-0.15, -0.1) is 0 Å². The van der Waals surface area contributed by atoms with Crippen molar-refractivity contribution >= 4 is 0 Å². The van der Waals surface area contributed by atoms with Gasteiger partial charge in [-0.3, -0.25) is 0 Å². The molecule has 0 bridgehead atoms. The van der Waals surface area contributed by atoms with Gasteiger partial charge < -0.3 is 15.4 Å². The Kier molecular flexibility index (Phi) is 2.89. The van der Waals surface area contributed by atoms with Crippen LogP contribution in [0.5, 0.6) is 0 Å². The lowest BCUT2D eigenvalue weighted by molar-refractivity contribution is 0.280. The molecule has 3 nitrogen and oxygen atoms in total. The first-order valence-corrected chi connectivity index (χ1v) is 5.33. The van der Waals surface area contributed by atoms with Crippen LogP contribution in [0.25, 0.3) is 0 Å². The van der Waals surface area contributed by atoms with E-state index in [1.54, 1.807) is 0 Å². The molecule has 1 aromatic heterocycles. The summed E-state index contributed by atoms with van der Waals surface area (Å²) in [6, 6.07) is 2.32. The van der Waals surface area contributed by atoms with Gasteiger partial charge in [0.05, 0.1) is 0 Å². The van der Waals surface area contributed by atoms with Gasteiger partial charge >= 0.3 is 0 Å². The molecule has 14 heavy (non-hydrogen) atoms. The summed E-state index contributed by atoms with van der Waals surface area (Å²) >= 11 is 0. The molecule has 1 heterocycles. The molecule has 0 amide bonds. The van der Waals surface area contributed by atoms with E-state index in [1.165, 1.54) is 18.4 Å². The maximum atomic E-state index is 8.70. The maximum absolute atomic E-state index is 8.70. The first-order chi connectivity index (χ1) is 6.81. The second-order valence-electron chi connectivity index (χ2n) is 4.12. The lowest BCUT2D eigenvalue weighted by Gasteiger charge is -2.07. The van der Waals surface area contributed by atoms with Crippen LogP contribution in [0.15, 0.2) is 18.5 Å². The molecule has 0 radical (unpaired) electrons. The molecule has 78 valence electrons. The quantitative estimate of drug-likeness (QED) is 0.742. The van der Waals surface area contributed by atoms with Crippen molar-refractivity contribution in [3.63, 3.8) is 0 Å². The zero-order valence-corrected chi connectivity index (χ0v) is 8.39. The Morgan fingerprint density at radius 2 is 2.36 bits per heavy atom. The van der Waals surface area contributed by atoms with E-state index in [1.807, 2.05) is 6.20 Å². The summed E-state index contributed by atoms with van der Waals surface area (Å²) in [7, 11) is 0. The molecule has 1 aliphatic rings. The summed E-state index contributed by atoms with van der Waals surface area (Å²) in [6.45, 7) is 1.13. The van der Waals surface area contributed by atoms with E-state index >= 15 is 0 Å². The number of nitrogens with zero attached hydrogens (tertiary/aromatic N) is 1. The molecule has 0 spiro atoms. The minimum atomic E-state index is 0.227. The highest BCUT2D eigenvalue weighted by Gasteiger charge is 2.29. The van der Waals surface area contributed by atoms with Crippen molar-refractivity contribution in [1.82, 2.24) is 4.57 Å². The highest BCUT2D eigenvalue weighted by atomic mass is 16.3. The number of hydrogen-bond donors (Lipinski definition) is 2. The summed E-state index contributed by atoms with van der Waals surface area (Å²) in [5.41, 5.74) is 7.32. The van der Waals surface area contributed by atoms with Crippen LogP contribution in [0.1, 0.15) is 30.9 Å². The minimum absolute atomic E-state index is 0.227. The fraction of sp³-hybridized carbons (Fsp3) is 0.636. The SMILES string of the molecule is NC(c1ccn(CCCO)c1)C1CC1. The van der Waals surface area contributed by atoms with Crippen LogP contribution in [0, 0.1) is 5.92 Å². The van der Waals surface area contributed by atoms with Crippen LogP contribution in [-0.2, 0) is 6.54 Å². The van der Waals surface area contributed by atoms with Crippen LogP contribution in [0.2, 0.25) is 0 Å². The van der Waals surface area contributed by atoms with Gasteiger partial charge in [-0.1, -0.05) is 0 Å². The van der Waals surface area contributed by atoms with E-state index in [0.717, 1.165) is 13.0 Å². The number of aryl methyl sites for hydroxylation is 1. The fourth-order valence-corrected chi connectivity index (χ4v) is 1.78. The molecule has 0 aromatic carbocycles. The van der Waals surface area contributed by atoms with Gasteiger partial charge in [0.1, 0.15) is 0 Å². The van der Waals surface area contributed by atoms with Gasteiger partial charge in [0.15, 0.2) is 0 Å². The summed E-state index contributed by atoms with van der Waals surface area (Å²) in [5, 5.41) is 8.70. The molecule has 1 atom stereocenters. The molecule has 3 N–H and O–H groups in total. The third-order valence-electron chi connectivity index (χ3n) is 2.86. The van der Waals surface area contributed by atoms with Crippen LogP contribution in [0.4, 0.5) is 0 Å². The third kappa shape index (κ3) is 2.16. The van der Waals surface area contributed by atoms with Gasteiger partial charge in [0.25, 0.3) is 0 Å². The normalized spacial score (nSPS) is 18.4. The largest absolute Gasteiger partial charge is 0.396 e. The summed E-state index contributed by atoms with van der Waals surface area (Å²) < 4.78 is 2.10. The molecule has 0 saturated heterocycles. The van der Waals surface area contributed by atoms with Crippen molar-refractivity contribution in [1.29, 1.82) is 0 Å². The van der Waals surface area contributed by atoms with Crippen LogP contribution in [0.3, 0.4) is 0 Å². The smallest absolute Gasteiger partial charge is 0.0448 e. The van der Waals surface area contributed by atoms with Crippen molar-refractivity contribution in [2.24, 2.45) is 11.7 Å². The average molecular weight is 194 g/mol. The van der Waals surface area contributed by atoms with Crippen molar-refractivity contribution < 1.29 is 5.11 Å². The summed E-state index contributed by atoms with van der Waals surface area (Å²) in [4.78, 5) is 0. The Morgan fingerprint density at radius 3 is 3.00 bits per heavy atom. The number of aromatic nitrogens is 1. The van der Waals surface area contributed by atoms with E-state index in [9.17, 15) is 0 Å². The number of aliphatic hydroxyl groups is 1. The molecular formula is C11H18N2O. The number of aliphatic hydroxyl groups excluding tert-OH is 1. The first-order valence-electron chi connectivity index (χ1n) is 5.33. The lowest BCUT2D eigenvalue weighted by atomic mass is 10.1. The van der Waals surface area contributed by atoms with Gasteiger partial charge in [0, 0.05) is 31.6 Å². The van der Waals surface area contributed by atoms with E-state index < -0.39 is 0 Å². The van der Waals surface area contributed by atoms with E-state index in [-0.39, 0.29) is 12.6 Å². The first kappa shape index (κ1) is 9.74. The van der Waals surface area contributed by atoms with Crippen LogP contribution in [-0.4, -0.2) is 16.3 Å². The summed E-state index contributed by atoms with van der Waals surface area (Å²) in [6.07, 6.45) is 7.53. The van der Waals surface area contributed by atoms with Crippen LogP contribution < -0.4 is 5.73 Å². The van der Waals surface area contributed by atoms with Crippen molar-refractivity contribution in [3.05, 3.63) is 24.0 Å². The Balaban J connectivity index is 1.94. The third-order valence-corrected chi connectivity index (χ3v) is 2.86. The molecular weight excluding hydrogens is 176 g/mol. The van der Waals surface area contributed by atoms with Crippen molar-refractivity contribution in [2.45, 2.75) is 31.8 Å². The van der Waals surface area contributed by atoms with Gasteiger partial charge in [0.2, 0.25) is 0 Å². The molecule has 3 heteroatoms. The van der Waals surface area contributed by atoms with Crippen LogP contribution >= 0.6 is 0 Å². The van der Waals surface area contributed by atoms with E-state index in [0.29, 0.717) is 5.92 Å². The number of nitrogens with two attached hydrogens (primary N) is 1. The highest BCUT2D eigenvalue weighted by Crippen LogP contribution is 2.39. The summed E-state index contributed by atoms with van der Waals surface area (Å²) in [5.74, 6) is 0.712. The molecule has 1 aromatic rings. The molecule has 1 unspecified atom stereocenters. The minimum Gasteiger partial charge on any atom is -0.396 e. The van der Waals surface area contributed by atoms with Gasteiger partial charge in [-0.05, 0) is 36.8 Å². The van der Waals surface area contributed by atoms with E-state index in [4.69, 9.17) is 10.8 Å². The predicted octanol–water partition coefficient (Wildman–Crippen LogP) is 1.28. The van der Waals surface area contributed by atoms with Gasteiger partial charge in [-0.2, -0.15) is 0 Å². The molecule has 1 saturated carbocycles. The van der Waals surface area contributed by atoms with Crippen molar-refractivity contribution in [3.8, 4) is 0 Å². The highest BCUT2D eigenvalue weighted by molar-refractivity contribution is 5.17. The molecule has 1 fully saturated rings. The number of rotatable bonds is 5. The molecule has 0 aliphatic heterocycles. The Bertz CT molecular complexity index is 291. The zero-order chi connectivity index (χ0) is 9.97. The molecule has 1 aliphatic carbocycles. The van der Waals surface area contributed by atoms with Crippen molar-refractivity contribution in [2.75, 3.05) is 6.61 Å². The fourth-order valence-electron chi connectivity index (χ4n) is 1.78. The second kappa shape index (κ2) is 4.15. The zero-order valence-electron chi connectivity index (χ0n) is 8.39. The second-order valence-corrected chi connectivity index (χ2v) is 4.12. The Morgan fingerprint density at radius 1 is 1.57 bits per heavy atom. The molecule has 2 rings (SSSR count). The van der Waals surface area contributed by atoms with Gasteiger partial charge in [-0.25, -0.2) is 0 Å². The Labute approximate surface area is 84.5 Å². The van der Waals surface area contributed by atoms with E-state index in [2.05, 4.69) is 16.8 Å². The lowest BCUT2D eigenvalue weighted by Crippen LogP contribution is -2.11. The average Bonchev–Trinajstić information content (AvgIpc) is 2.94. The predicted molar refractivity (Wildman–Crippen MR) is 55.8 cm³/mol. The standard InChI is InChI=1S/C11H18N2O/c12-11(9-2-3-9)10-4-6-13(8-10)5-1-7-14/h4,6,8-9,11,14H,1-3,5,7,12H2. The maximum Gasteiger partial charge on any atom is 0.0448 e.